The zero-order valence-corrected chi connectivity index (χ0v) is 18.8. The third kappa shape index (κ3) is 5.38. The van der Waals surface area contributed by atoms with Gasteiger partial charge in [0, 0.05) is 32.4 Å². The fourth-order valence-corrected chi connectivity index (χ4v) is 5.80. The van der Waals surface area contributed by atoms with Crippen LogP contribution in [0.3, 0.4) is 0 Å². The lowest BCUT2D eigenvalue weighted by Crippen LogP contribution is -2.40. The number of carbonyl (C=O) groups is 1. The molecule has 3 heterocycles. The van der Waals surface area contributed by atoms with Gasteiger partial charge in [0.1, 0.15) is 0 Å². The summed E-state index contributed by atoms with van der Waals surface area (Å²) in [6.45, 7) is 3.22. The van der Waals surface area contributed by atoms with Gasteiger partial charge in [0.05, 0.1) is 40.3 Å². The van der Waals surface area contributed by atoms with E-state index in [-0.39, 0.29) is 16.6 Å². The van der Waals surface area contributed by atoms with Crippen molar-refractivity contribution in [1.29, 1.82) is 0 Å². The summed E-state index contributed by atoms with van der Waals surface area (Å²) in [6.07, 6.45) is 3.85. The summed E-state index contributed by atoms with van der Waals surface area (Å²) in [5, 5.41) is 3.70. The number of nitrogens with zero attached hydrogens (tertiary/aromatic N) is 3. The third-order valence-corrected chi connectivity index (χ3v) is 8.12. The largest absolute Gasteiger partial charge is 0.379 e. The average molecular weight is 463 g/mol. The van der Waals surface area contributed by atoms with E-state index in [2.05, 4.69) is 15.2 Å². The molecule has 10 heteroatoms. The van der Waals surface area contributed by atoms with Gasteiger partial charge >= 0.3 is 0 Å². The highest BCUT2D eigenvalue weighted by atomic mass is 32.2. The van der Waals surface area contributed by atoms with Crippen LogP contribution in [0.25, 0.3) is 0 Å². The van der Waals surface area contributed by atoms with Crippen molar-refractivity contribution in [3.63, 3.8) is 0 Å². The predicted molar refractivity (Wildman–Crippen MR) is 121 cm³/mol. The number of ether oxygens (including phenoxy) is 1. The SMILES string of the molecule is O=C(CSc1ccccn1)Nc1cc(S(=O)(=O)N2CCOCC2)ccc1N1CCCC1. The highest BCUT2D eigenvalue weighted by Gasteiger charge is 2.28. The highest BCUT2D eigenvalue weighted by molar-refractivity contribution is 7.99. The maximum atomic E-state index is 13.1. The zero-order valence-electron chi connectivity index (χ0n) is 17.2. The normalized spacial score (nSPS) is 17.6. The second-order valence-electron chi connectivity index (χ2n) is 7.39. The summed E-state index contributed by atoms with van der Waals surface area (Å²) in [7, 11) is -3.65. The molecule has 0 saturated carbocycles. The van der Waals surface area contributed by atoms with Crippen LogP contribution >= 0.6 is 11.8 Å². The van der Waals surface area contributed by atoms with E-state index in [0.717, 1.165) is 36.6 Å². The van der Waals surface area contributed by atoms with Crippen LogP contribution in [-0.4, -0.2) is 68.8 Å². The predicted octanol–water partition coefficient (Wildman–Crippen LogP) is 2.43. The Morgan fingerprint density at radius 1 is 1.10 bits per heavy atom. The number of morpholine rings is 1. The van der Waals surface area contributed by atoms with Gasteiger partial charge in [-0.3, -0.25) is 4.79 Å². The number of thioether (sulfide) groups is 1. The van der Waals surface area contributed by atoms with Crippen molar-refractivity contribution >= 4 is 39.1 Å². The van der Waals surface area contributed by atoms with E-state index >= 15 is 0 Å². The van der Waals surface area contributed by atoms with Gasteiger partial charge in [-0.15, -0.1) is 0 Å². The van der Waals surface area contributed by atoms with Gasteiger partial charge in [0.2, 0.25) is 15.9 Å². The van der Waals surface area contributed by atoms with Gasteiger partial charge in [0.25, 0.3) is 0 Å². The number of hydrogen-bond donors (Lipinski definition) is 1. The van der Waals surface area contributed by atoms with E-state index in [0.29, 0.717) is 32.0 Å². The Hall–Kier alpha value is -2.14. The Morgan fingerprint density at radius 3 is 2.58 bits per heavy atom. The minimum atomic E-state index is -3.65. The first-order chi connectivity index (χ1) is 15.0. The number of sulfonamides is 1. The number of anilines is 2. The molecule has 0 bridgehead atoms. The summed E-state index contributed by atoms with van der Waals surface area (Å²) in [4.78, 5) is 19.2. The number of hydrogen-bond acceptors (Lipinski definition) is 7. The molecule has 2 fully saturated rings. The minimum Gasteiger partial charge on any atom is -0.379 e. The summed E-state index contributed by atoms with van der Waals surface area (Å²) in [5.74, 6) is -0.00584. The van der Waals surface area contributed by atoms with Gasteiger partial charge in [-0.1, -0.05) is 17.8 Å². The second-order valence-corrected chi connectivity index (χ2v) is 10.3. The van der Waals surface area contributed by atoms with E-state index in [9.17, 15) is 13.2 Å². The molecular weight excluding hydrogens is 436 g/mol. The number of pyridine rings is 1. The molecule has 0 aliphatic carbocycles. The summed E-state index contributed by atoms with van der Waals surface area (Å²) in [5.41, 5.74) is 1.39. The molecule has 0 radical (unpaired) electrons. The van der Waals surface area contributed by atoms with Crippen molar-refractivity contribution in [2.45, 2.75) is 22.8 Å². The second kappa shape index (κ2) is 9.99. The first-order valence-corrected chi connectivity index (χ1v) is 12.8. The average Bonchev–Trinajstić information content (AvgIpc) is 3.34. The Morgan fingerprint density at radius 2 is 1.87 bits per heavy atom. The topological polar surface area (TPSA) is 91.8 Å². The third-order valence-electron chi connectivity index (χ3n) is 5.29. The van der Waals surface area contributed by atoms with E-state index in [1.807, 2.05) is 18.2 Å². The van der Waals surface area contributed by atoms with Crippen molar-refractivity contribution in [1.82, 2.24) is 9.29 Å². The van der Waals surface area contributed by atoms with E-state index in [1.165, 1.54) is 16.1 Å². The number of nitrogens with one attached hydrogen (secondary N) is 1. The van der Waals surface area contributed by atoms with Crippen LogP contribution < -0.4 is 10.2 Å². The molecule has 1 amide bonds. The van der Waals surface area contributed by atoms with Crippen LogP contribution in [-0.2, 0) is 19.6 Å². The first kappa shape index (κ1) is 22.1. The van der Waals surface area contributed by atoms with Gasteiger partial charge in [0.15, 0.2) is 0 Å². The summed E-state index contributed by atoms with van der Waals surface area (Å²) >= 11 is 1.34. The van der Waals surface area contributed by atoms with E-state index in [1.54, 1.807) is 24.4 Å². The molecule has 4 rings (SSSR count). The van der Waals surface area contributed by atoms with Crippen molar-refractivity contribution in [2.75, 3.05) is 55.4 Å². The molecule has 0 unspecified atom stereocenters. The lowest BCUT2D eigenvalue weighted by Gasteiger charge is -2.27. The molecular formula is C21H26N4O4S2. The van der Waals surface area contributed by atoms with Gasteiger partial charge in [-0.2, -0.15) is 4.31 Å². The lowest BCUT2D eigenvalue weighted by atomic mass is 10.2. The van der Waals surface area contributed by atoms with Crippen molar-refractivity contribution in [2.24, 2.45) is 0 Å². The van der Waals surface area contributed by atoms with Crippen LogP contribution in [0.1, 0.15) is 12.8 Å². The van der Waals surface area contributed by atoms with Crippen LogP contribution in [0.15, 0.2) is 52.5 Å². The fourth-order valence-electron chi connectivity index (χ4n) is 3.70. The van der Waals surface area contributed by atoms with Crippen molar-refractivity contribution in [3.05, 3.63) is 42.6 Å². The molecule has 0 spiro atoms. The van der Waals surface area contributed by atoms with Crippen molar-refractivity contribution in [3.8, 4) is 0 Å². The molecule has 0 atom stereocenters. The van der Waals surface area contributed by atoms with E-state index in [4.69, 9.17) is 4.74 Å². The number of amides is 1. The van der Waals surface area contributed by atoms with E-state index < -0.39 is 10.0 Å². The molecule has 8 nitrogen and oxygen atoms in total. The quantitative estimate of drug-likeness (QED) is 0.632. The molecule has 2 aliphatic heterocycles. The number of carbonyl (C=O) groups excluding carboxylic acids is 1. The Balaban J connectivity index is 1.55. The maximum Gasteiger partial charge on any atom is 0.243 e. The molecule has 166 valence electrons. The van der Waals surface area contributed by atoms with Crippen molar-refractivity contribution < 1.29 is 17.9 Å². The van der Waals surface area contributed by atoms with Crippen LogP contribution in [0, 0.1) is 0 Å². The lowest BCUT2D eigenvalue weighted by molar-refractivity contribution is -0.113. The molecule has 1 aromatic carbocycles. The molecule has 1 N–H and O–H groups in total. The highest BCUT2D eigenvalue weighted by Crippen LogP contribution is 2.32. The van der Waals surface area contributed by atoms with Gasteiger partial charge in [-0.25, -0.2) is 13.4 Å². The zero-order chi connectivity index (χ0) is 21.7. The number of aromatic nitrogens is 1. The standard InChI is InChI=1S/C21H26N4O4S2/c26-20(16-30-21-5-1-2-8-22-21)23-18-15-17(6-7-19(18)24-9-3-4-10-24)31(27,28)25-11-13-29-14-12-25/h1-2,5-8,15H,3-4,9-14,16H2,(H,23,26). The van der Waals surface area contributed by atoms with Crippen LogP contribution in [0.4, 0.5) is 11.4 Å². The molecule has 2 saturated heterocycles. The minimum absolute atomic E-state index is 0.185. The molecule has 1 aromatic heterocycles. The number of rotatable bonds is 7. The van der Waals surface area contributed by atoms with Gasteiger partial charge in [-0.05, 0) is 43.2 Å². The molecule has 31 heavy (non-hydrogen) atoms. The monoisotopic (exact) mass is 462 g/mol. The summed E-state index contributed by atoms with van der Waals surface area (Å²) < 4.78 is 32.9. The smallest absolute Gasteiger partial charge is 0.243 e. The Kier molecular flexibility index (Phi) is 7.11. The van der Waals surface area contributed by atoms with Gasteiger partial charge < -0.3 is 15.0 Å². The Labute approximate surface area is 187 Å². The fraction of sp³-hybridized carbons (Fsp3) is 0.429. The Bertz CT molecular complexity index is 1010. The summed E-state index contributed by atoms with van der Waals surface area (Å²) in [6, 6.07) is 10.6. The van der Waals surface area contributed by atoms with Crippen LogP contribution in [0.2, 0.25) is 0 Å². The first-order valence-electron chi connectivity index (χ1n) is 10.3. The molecule has 2 aromatic rings. The molecule has 2 aliphatic rings. The van der Waals surface area contributed by atoms with Crippen LogP contribution in [0.5, 0.6) is 0 Å². The number of benzene rings is 1. The maximum absolute atomic E-state index is 13.1.